The number of rotatable bonds is 4. The Bertz CT molecular complexity index is 766. The van der Waals surface area contributed by atoms with Crippen LogP contribution in [0.5, 0.6) is 0 Å². The van der Waals surface area contributed by atoms with E-state index in [9.17, 15) is 8.78 Å². The Hall–Kier alpha value is -2.05. The molecule has 0 spiro atoms. The van der Waals surface area contributed by atoms with E-state index in [-0.39, 0.29) is 18.3 Å². The average Bonchev–Trinajstić information content (AvgIpc) is 3.12. The monoisotopic (exact) mass is 359 g/mol. The van der Waals surface area contributed by atoms with Crippen LogP contribution >= 0.6 is 0 Å². The molecule has 0 radical (unpaired) electrons. The van der Waals surface area contributed by atoms with Crippen molar-refractivity contribution in [3.05, 3.63) is 59.9 Å². The van der Waals surface area contributed by atoms with Crippen molar-refractivity contribution in [2.75, 3.05) is 19.7 Å². The van der Waals surface area contributed by atoms with Gasteiger partial charge in [-0.2, -0.15) is 13.9 Å². The summed E-state index contributed by atoms with van der Waals surface area (Å²) in [6, 6.07) is 9.72. The van der Waals surface area contributed by atoms with Crippen molar-refractivity contribution < 1.29 is 13.5 Å². The molecule has 1 aromatic heterocycles. The van der Waals surface area contributed by atoms with Gasteiger partial charge in [-0.05, 0) is 24.8 Å². The maximum absolute atomic E-state index is 14.8. The van der Waals surface area contributed by atoms with E-state index in [1.807, 2.05) is 30.3 Å². The molecule has 2 aliphatic rings. The van der Waals surface area contributed by atoms with Gasteiger partial charge in [0.15, 0.2) is 0 Å². The van der Waals surface area contributed by atoms with Gasteiger partial charge in [0.05, 0.1) is 12.7 Å². The Balaban J connectivity index is 1.49. The molecule has 1 unspecified atom stereocenters. The Kier molecular flexibility index (Phi) is 4.87. The fraction of sp³-hybridized carbons (Fsp3) is 0.450. The van der Waals surface area contributed by atoms with E-state index in [0.29, 0.717) is 25.3 Å². The number of halogens is 2. The highest BCUT2D eigenvalue weighted by molar-refractivity contribution is 5.71. The van der Waals surface area contributed by atoms with E-state index in [1.165, 1.54) is 6.20 Å². The summed E-state index contributed by atoms with van der Waals surface area (Å²) in [5.41, 5.74) is 1.61. The van der Waals surface area contributed by atoms with Gasteiger partial charge in [0.25, 0.3) is 5.92 Å². The molecule has 1 saturated heterocycles. The van der Waals surface area contributed by atoms with Crippen LogP contribution in [0.4, 0.5) is 8.78 Å². The van der Waals surface area contributed by atoms with Crippen molar-refractivity contribution in [3.8, 4) is 0 Å². The van der Waals surface area contributed by atoms with Gasteiger partial charge in [0.1, 0.15) is 6.23 Å². The largest absolute Gasteiger partial charge is 0.357 e. The lowest BCUT2D eigenvalue weighted by atomic mass is 9.98. The summed E-state index contributed by atoms with van der Waals surface area (Å²) in [7, 11) is 0. The summed E-state index contributed by atoms with van der Waals surface area (Å²) in [5, 5.41) is 4.27. The molecule has 0 aliphatic carbocycles. The Labute approximate surface area is 152 Å². The normalized spacial score (nSPS) is 23.6. The van der Waals surface area contributed by atoms with Crippen LogP contribution in [0, 0.1) is 0 Å². The van der Waals surface area contributed by atoms with Gasteiger partial charge in [-0.3, -0.25) is 4.90 Å². The molecule has 0 saturated carbocycles. The molecule has 1 atom stereocenters. The molecular weight excluding hydrogens is 336 g/mol. The quantitative estimate of drug-likeness (QED) is 0.823. The predicted octanol–water partition coefficient (Wildman–Crippen LogP) is 4.12. The number of hydrogen-bond acceptors (Lipinski definition) is 3. The first-order chi connectivity index (χ1) is 12.6. The van der Waals surface area contributed by atoms with Crippen molar-refractivity contribution in [1.82, 2.24) is 14.7 Å². The molecule has 6 heteroatoms. The highest BCUT2D eigenvalue weighted by Gasteiger charge is 2.40. The molecule has 0 N–H and O–H groups in total. The standard InChI is InChI=1S/C20H23F2N3O/c21-20(22)15-24(13-16-6-2-1-3-7-16)10-9-18(20)17-12-23-25(14-17)19-8-4-5-11-26-19/h1-3,6-7,9,12,14,19H,4-5,8,10-11,13,15H2. The summed E-state index contributed by atoms with van der Waals surface area (Å²) in [6.45, 7) is 1.45. The van der Waals surface area contributed by atoms with E-state index >= 15 is 0 Å². The molecule has 0 bridgehead atoms. The molecule has 4 rings (SSSR count). The number of alkyl halides is 2. The Morgan fingerprint density at radius 1 is 1.19 bits per heavy atom. The SMILES string of the molecule is FC1(F)CN(Cc2ccccc2)CC=C1c1cnn(C2CCCCO2)c1. The van der Waals surface area contributed by atoms with Crippen LogP contribution in [0.1, 0.15) is 36.6 Å². The van der Waals surface area contributed by atoms with Crippen LogP contribution in [-0.2, 0) is 11.3 Å². The smallest absolute Gasteiger partial charge is 0.286 e. The van der Waals surface area contributed by atoms with Crippen molar-refractivity contribution in [2.24, 2.45) is 0 Å². The lowest BCUT2D eigenvalue weighted by Crippen LogP contribution is -2.41. The van der Waals surface area contributed by atoms with E-state index in [4.69, 9.17) is 4.74 Å². The van der Waals surface area contributed by atoms with Crippen LogP contribution in [0.2, 0.25) is 0 Å². The fourth-order valence-corrected chi connectivity index (χ4v) is 3.66. The summed E-state index contributed by atoms with van der Waals surface area (Å²) in [5.74, 6) is -2.89. The van der Waals surface area contributed by atoms with E-state index in [1.54, 1.807) is 21.9 Å². The zero-order chi connectivity index (χ0) is 18.0. The van der Waals surface area contributed by atoms with Gasteiger partial charge in [-0.15, -0.1) is 0 Å². The third-order valence-corrected chi connectivity index (χ3v) is 4.98. The van der Waals surface area contributed by atoms with Crippen LogP contribution in [0.3, 0.4) is 0 Å². The maximum atomic E-state index is 14.8. The number of nitrogens with zero attached hydrogens (tertiary/aromatic N) is 3. The first kappa shape index (κ1) is 17.4. The highest BCUT2D eigenvalue weighted by atomic mass is 19.3. The van der Waals surface area contributed by atoms with Gasteiger partial charge < -0.3 is 4.74 Å². The topological polar surface area (TPSA) is 30.3 Å². The van der Waals surface area contributed by atoms with E-state index < -0.39 is 5.92 Å². The minimum absolute atomic E-state index is 0.0730. The van der Waals surface area contributed by atoms with Crippen LogP contribution in [-0.4, -0.2) is 40.3 Å². The lowest BCUT2D eigenvalue weighted by molar-refractivity contribution is -0.0395. The second-order valence-corrected chi connectivity index (χ2v) is 7.01. The highest BCUT2D eigenvalue weighted by Crippen LogP contribution is 2.37. The molecule has 0 amide bonds. The summed E-state index contributed by atoms with van der Waals surface area (Å²) >= 11 is 0. The molecule has 4 nitrogen and oxygen atoms in total. The second-order valence-electron chi connectivity index (χ2n) is 7.01. The molecule has 1 aromatic carbocycles. The third-order valence-electron chi connectivity index (χ3n) is 4.98. The molecule has 26 heavy (non-hydrogen) atoms. The fourth-order valence-electron chi connectivity index (χ4n) is 3.66. The summed E-state index contributed by atoms with van der Waals surface area (Å²) in [6.07, 6.45) is 7.73. The van der Waals surface area contributed by atoms with Gasteiger partial charge in [0, 0.05) is 37.0 Å². The van der Waals surface area contributed by atoms with Crippen LogP contribution < -0.4 is 0 Å². The van der Waals surface area contributed by atoms with Gasteiger partial charge >= 0.3 is 0 Å². The van der Waals surface area contributed by atoms with Crippen molar-refractivity contribution >= 4 is 5.57 Å². The predicted molar refractivity (Wildman–Crippen MR) is 95.7 cm³/mol. The third kappa shape index (κ3) is 3.71. The van der Waals surface area contributed by atoms with Crippen molar-refractivity contribution in [2.45, 2.75) is 38.0 Å². The molecular formula is C20H23F2N3O. The molecule has 3 heterocycles. The van der Waals surface area contributed by atoms with Gasteiger partial charge in [-0.1, -0.05) is 36.4 Å². The molecule has 2 aliphatic heterocycles. The van der Waals surface area contributed by atoms with Crippen LogP contribution in [0.25, 0.3) is 5.57 Å². The van der Waals surface area contributed by atoms with Crippen molar-refractivity contribution in [1.29, 1.82) is 0 Å². The first-order valence-corrected chi connectivity index (χ1v) is 9.13. The van der Waals surface area contributed by atoms with Gasteiger partial charge in [-0.25, -0.2) is 4.68 Å². The van der Waals surface area contributed by atoms with E-state index in [0.717, 1.165) is 24.8 Å². The number of hydrogen-bond donors (Lipinski definition) is 0. The summed E-state index contributed by atoms with van der Waals surface area (Å²) in [4.78, 5) is 1.77. The number of ether oxygens (including phenoxy) is 1. The maximum Gasteiger partial charge on any atom is 0.286 e. The number of aromatic nitrogens is 2. The van der Waals surface area contributed by atoms with Crippen molar-refractivity contribution in [3.63, 3.8) is 0 Å². The zero-order valence-corrected chi connectivity index (χ0v) is 14.7. The van der Waals surface area contributed by atoms with E-state index in [2.05, 4.69) is 5.10 Å². The molecule has 138 valence electrons. The van der Waals surface area contributed by atoms with Gasteiger partial charge in [0.2, 0.25) is 0 Å². The number of benzene rings is 1. The van der Waals surface area contributed by atoms with Crippen LogP contribution in [0.15, 0.2) is 48.8 Å². The minimum Gasteiger partial charge on any atom is -0.357 e. The summed E-state index contributed by atoms with van der Waals surface area (Å²) < 4.78 is 36.9. The molecule has 1 fully saturated rings. The lowest BCUT2D eigenvalue weighted by Gasteiger charge is -2.32. The Morgan fingerprint density at radius 3 is 2.77 bits per heavy atom. The Morgan fingerprint density at radius 2 is 2.04 bits per heavy atom. The zero-order valence-electron chi connectivity index (χ0n) is 14.7. The molecule has 2 aromatic rings. The first-order valence-electron chi connectivity index (χ1n) is 9.13. The second kappa shape index (κ2) is 7.29. The minimum atomic E-state index is -2.89. The average molecular weight is 359 g/mol.